The fraction of sp³-hybridized carbons (Fsp3) is 0.190. The number of aromatic nitrogens is 2. The molecule has 2 aromatic carbocycles. The molecule has 30 heavy (non-hydrogen) atoms. The molecule has 0 saturated heterocycles. The van der Waals surface area contributed by atoms with E-state index in [0.717, 1.165) is 21.1 Å². The van der Waals surface area contributed by atoms with Crippen molar-refractivity contribution >= 4 is 49.4 Å². The Kier molecular flexibility index (Phi) is 5.28. The highest BCUT2D eigenvalue weighted by atomic mass is 32.1. The molecule has 0 spiro atoms. The van der Waals surface area contributed by atoms with Crippen molar-refractivity contribution in [2.45, 2.75) is 13.0 Å². The number of para-hydroxylation sites is 1. The van der Waals surface area contributed by atoms with Crippen LogP contribution in [0.5, 0.6) is 11.5 Å². The first-order valence-electron chi connectivity index (χ1n) is 9.20. The van der Waals surface area contributed by atoms with Crippen LogP contribution in [0.3, 0.4) is 0 Å². The van der Waals surface area contributed by atoms with Crippen molar-refractivity contribution in [3.63, 3.8) is 0 Å². The zero-order chi connectivity index (χ0) is 21.3. The summed E-state index contributed by atoms with van der Waals surface area (Å²) in [6.45, 7) is 1.62. The molecule has 0 aliphatic carbocycles. The van der Waals surface area contributed by atoms with E-state index in [2.05, 4.69) is 20.6 Å². The number of anilines is 1. The number of hydrogen-bond acceptors (Lipinski definition) is 6. The topological polar surface area (TPSA) is 105 Å². The predicted molar refractivity (Wildman–Crippen MR) is 117 cm³/mol. The van der Waals surface area contributed by atoms with Gasteiger partial charge in [0.15, 0.2) is 16.6 Å². The van der Waals surface area contributed by atoms with Crippen molar-refractivity contribution in [1.82, 2.24) is 15.3 Å². The molecule has 0 saturated carbocycles. The quantitative estimate of drug-likeness (QED) is 0.439. The molecule has 4 rings (SSSR count). The smallest absolute Gasteiger partial charge is 0.268 e. The Bertz CT molecular complexity index is 1170. The Morgan fingerprint density at radius 3 is 2.57 bits per heavy atom. The molecule has 2 aromatic heterocycles. The molecule has 2 heterocycles. The predicted octanol–water partition coefficient (Wildman–Crippen LogP) is 3.55. The van der Waals surface area contributed by atoms with E-state index in [4.69, 9.17) is 9.47 Å². The van der Waals surface area contributed by atoms with Crippen molar-refractivity contribution < 1.29 is 19.1 Å². The minimum absolute atomic E-state index is 0.333. The van der Waals surface area contributed by atoms with Crippen LogP contribution in [0.1, 0.15) is 17.4 Å². The number of aromatic amines is 1. The number of hydrogen-bond donors (Lipinski definition) is 3. The number of rotatable bonds is 6. The molecule has 2 amide bonds. The van der Waals surface area contributed by atoms with Crippen LogP contribution in [-0.4, -0.2) is 42.0 Å². The fourth-order valence-corrected chi connectivity index (χ4v) is 3.93. The lowest BCUT2D eigenvalue weighted by atomic mass is 10.2. The van der Waals surface area contributed by atoms with E-state index in [1.165, 1.54) is 11.3 Å². The van der Waals surface area contributed by atoms with Crippen LogP contribution in [0.4, 0.5) is 5.13 Å². The Morgan fingerprint density at radius 1 is 1.10 bits per heavy atom. The van der Waals surface area contributed by atoms with Crippen molar-refractivity contribution in [3.05, 3.63) is 48.2 Å². The number of carbonyl (C=O) groups is 2. The van der Waals surface area contributed by atoms with Crippen molar-refractivity contribution in [2.75, 3.05) is 19.5 Å². The lowest BCUT2D eigenvalue weighted by Crippen LogP contribution is -2.41. The molecule has 8 nitrogen and oxygen atoms in total. The van der Waals surface area contributed by atoms with Gasteiger partial charge in [0.25, 0.3) is 5.91 Å². The molecule has 0 aliphatic rings. The van der Waals surface area contributed by atoms with Crippen LogP contribution in [-0.2, 0) is 4.79 Å². The Balaban J connectivity index is 1.46. The molecular weight excluding hydrogens is 404 g/mol. The summed E-state index contributed by atoms with van der Waals surface area (Å²) < 4.78 is 11.6. The SMILES string of the molecule is COc1cc2cc(C(=O)N[C@H](C)C(=O)Nc3nc4ccccc4s3)[nH]c2cc1OC. The summed E-state index contributed by atoms with van der Waals surface area (Å²) in [4.78, 5) is 32.5. The third-order valence-corrected chi connectivity index (χ3v) is 5.59. The normalized spacial score (nSPS) is 12.0. The maximum Gasteiger partial charge on any atom is 0.268 e. The zero-order valence-corrected chi connectivity index (χ0v) is 17.4. The summed E-state index contributed by atoms with van der Waals surface area (Å²) >= 11 is 1.38. The van der Waals surface area contributed by atoms with Gasteiger partial charge in [0.2, 0.25) is 5.91 Å². The summed E-state index contributed by atoms with van der Waals surface area (Å²) in [5, 5.41) is 6.74. The van der Waals surface area contributed by atoms with E-state index in [9.17, 15) is 9.59 Å². The number of methoxy groups -OCH3 is 2. The average Bonchev–Trinajstić information content (AvgIpc) is 3.35. The second-order valence-electron chi connectivity index (χ2n) is 6.65. The van der Waals surface area contributed by atoms with E-state index in [1.54, 1.807) is 39.3 Å². The maximum absolute atomic E-state index is 12.6. The number of fused-ring (bicyclic) bond motifs is 2. The summed E-state index contributed by atoms with van der Waals surface area (Å²) in [6.07, 6.45) is 0. The van der Waals surface area contributed by atoms with Gasteiger partial charge in [-0.1, -0.05) is 23.5 Å². The van der Waals surface area contributed by atoms with Gasteiger partial charge in [-0.15, -0.1) is 0 Å². The van der Waals surface area contributed by atoms with E-state index >= 15 is 0 Å². The van der Waals surface area contributed by atoms with Gasteiger partial charge in [0, 0.05) is 17.0 Å². The zero-order valence-electron chi connectivity index (χ0n) is 16.6. The number of nitrogens with one attached hydrogen (secondary N) is 3. The second kappa shape index (κ2) is 8.03. The van der Waals surface area contributed by atoms with E-state index in [0.29, 0.717) is 22.3 Å². The lowest BCUT2D eigenvalue weighted by molar-refractivity contribution is -0.117. The first kappa shape index (κ1) is 19.7. The monoisotopic (exact) mass is 424 g/mol. The lowest BCUT2D eigenvalue weighted by Gasteiger charge is -2.12. The molecule has 0 unspecified atom stereocenters. The van der Waals surface area contributed by atoms with Crippen LogP contribution < -0.4 is 20.1 Å². The van der Waals surface area contributed by atoms with Gasteiger partial charge in [-0.2, -0.15) is 0 Å². The largest absolute Gasteiger partial charge is 0.493 e. The highest BCUT2D eigenvalue weighted by Crippen LogP contribution is 2.32. The standard InChI is InChI=1S/C21H20N4O4S/c1-11(19(26)25-21-24-13-6-4-5-7-18(13)30-21)22-20(27)15-8-12-9-16(28-2)17(29-3)10-14(12)23-15/h4-11,23H,1-3H3,(H,22,27)(H,24,25,26)/t11-/m1/s1. The molecular formula is C21H20N4O4S. The van der Waals surface area contributed by atoms with Gasteiger partial charge in [-0.25, -0.2) is 4.98 Å². The van der Waals surface area contributed by atoms with Gasteiger partial charge in [0.1, 0.15) is 11.7 Å². The number of thiazole rings is 1. The minimum atomic E-state index is -0.750. The second-order valence-corrected chi connectivity index (χ2v) is 7.68. The van der Waals surface area contributed by atoms with Crippen molar-refractivity contribution in [3.8, 4) is 11.5 Å². The molecule has 0 aliphatic heterocycles. The fourth-order valence-electron chi connectivity index (χ4n) is 3.06. The van der Waals surface area contributed by atoms with Gasteiger partial charge < -0.3 is 25.1 Å². The van der Waals surface area contributed by atoms with E-state index in [-0.39, 0.29) is 5.91 Å². The molecule has 9 heteroatoms. The molecule has 1 atom stereocenters. The molecule has 0 bridgehead atoms. The molecule has 154 valence electrons. The van der Waals surface area contributed by atoms with E-state index < -0.39 is 11.9 Å². The number of nitrogens with zero attached hydrogens (tertiary/aromatic N) is 1. The number of amides is 2. The summed E-state index contributed by atoms with van der Waals surface area (Å²) in [5.74, 6) is 0.389. The molecule has 4 aromatic rings. The van der Waals surface area contributed by atoms with E-state index in [1.807, 2.05) is 24.3 Å². The third-order valence-electron chi connectivity index (χ3n) is 4.63. The number of ether oxygens (including phenoxy) is 2. The van der Waals surface area contributed by atoms with Crippen molar-refractivity contribution in [2.24, 2.45) is 0 Å². The van der Waals surface area contributed by atoms with Crippen LogP contribution >= 0.6 is 11.3 Å². The molecule has 0 radical (unpaired) electrons. The first-order chi connectivity index (χ1) is 14.5. The van der Waals surface area contributed by atoms with Crippen LogP contribution in [0.15, 0.2) is 42.5 Å². The van der Waals surface area contributed by atoms with Crippen LogP contribution in [0.2, 0.25) is 0 Å². The summed E-state index contributed by atoms with van der Waals surface area (Å²) in [6, 6.07) is 12.1. The minimum Gasteiger partial charge on any atom is -0.493 e. The Hall–Kier alpha value is -3.59. The number of benzene rings is 2. The first-order valence-corrected chi connectivity index (χ1v) is 10.0. The molecule has 0 fully saturated rings. The maximum atomic E-state index is 12.6. The van der Waals surface area contributed by atoms with Crippen molar-refractivity contribution in [1.29, 1.82) is 0 Å². The van der Waals surface area contributed by atoms with Crippen LogP contribution in [0.25, 0.3) is 21.1 Å². The highest BCUT2D eigenvalue weighted by Gasteiger charge is 2.20. The van der Waals surface area contributed by atoms with Gasteiger partial charge in [0.05, 0.1) is 24.4 Å². The van der Waals surface area contributed by atoms with Gasteiger partial charge in [-0.05, 0) is 31.2 Å². The number of carbonyl (C=O) groups excluding carboxylic acids is 2. The van der Waals surface area contributed by atoms with Gasteiger partial charge in [-0.3, -0.25) is 9.59 Å². The molecule has 3 N–H and O–H groups in total. The van der Waals surface area contributed by atoms with Crippen LogP contribution in [0, 0.1) is 0 Å². The Morgan fingerprint density at radius 2 is 1.83 bits per heavy atom. The summed E-state index contributed by atoms with van der Waals surface area (Å²) in [5.41, 5.74) is 1.88. The number of H-pyrrole nitrogens is 1. The Labute approximate surface area is 176 Å². The summed E-state index contributed by atoms with van der Waals surface area (Å²) in [7, 11) is 3.10. The third kappa shape index (κ3) is 3.79. The highest BCUT2D eigenvalue weighted by molar-refractivity contribution is 7.22. The average molecular weight is 424 g/mol. The van der Waals surface area contributed by atoms with Gasteiger partial charge >= 0.3 is 0 Å².